The molecule has 1 aromatic carbocycles. The summed E-state index contributed by atoms with van der Waals surface area (Å²) < 4.78 is 26.6. The SMILES string of the molecule is Cc1ccc(C)c(S(=O)(=O)N2CCCCC2)c1. The molecule has 0 spiro atoms. The van der Waals surface area contributed by atoms with E-state index in [2.05, 4.69) is 0 Å². The van der Waals surface area contributed by atoms with Crippen molar-refractivity contribution in [2.45, 2.75) is 38.0 Å². The molecule has 0 aliphatic carbocycles. The van der Waals surface area contributed by atoms with Gasteiger partial charge in [0.2, 0.25) is 10.0 Å². The summed E-state index contributed by atoms with van der Waals surface area (Å²) in [5.41, 5.74) is 1.83. The monoisotopic (exact) mass is 253 g/mol. The highest BCUT2D eigenvalue weighted by Gasteiger charge is 2.27. The Morgan fingerprint density at radius 3 is 2.35 bits per heavy atom. The van der Waals surface area contributed by atoms with E-state index in [9.17, 15) is 8.42 Å². The van der Waals surface area contributed by atoms with Gasteiger partial charge in [-0.1, -0.05) is 18.6 Å². The number of rotatable bonds is 2. The molecule has 0 amide bonds. The lowest BCUT2D eigenvalue weighted by Crippen LogP contribution is -2.35. The van der Waals surface area contributed by atoms with Gasteiger partial charge in [0.15, 0.2) is 0 Å². The molecule has 2 rings (SSSR count). The van der Waals surface area contributed by atoms with Gasteiger partial charge in [-0.3, -0.25) is 0 Å². The van der Waals surface area contributed by atoms with Crippen LogP contribution in [0.2, 0.25) is 0 Å². The first kappa shape index (κ1) is 12.6. The molecule has 94 valence electrons. The van der Waals surface area contributed by atoms with E-state index >= 15 is 0 Å². The van der Waals surface area contributed by atoms with Crippen molar-refractivity contribution < 1.29 is 8.42 Å². The van der Waals surface area contributed by atoms with E-state index in [0.717, 1.165) is 30.4 Å². The lowest BCUT2D eigenvalue weighted by atomic mass is 10.2. The van der Waals surface area contributed by atoms with Crippen molar-refractivity contribution in [1.29, 1.82) is 0 Å². The normalized spacial score (nSPS) is 18.2. The fraction of sp³-hybridized carbons (Fsp3) is 0.538. The Morgan fingerprint density at radius 1 is 1.06 bits per heavy atom. The fourth-order valence-electron chi connectivity index (χ4n) is 2.23. The van der Waals surface area contributed by atoms with E-state index in [1.54, 1.807) is 10.4 Å². The van der Waals surface area contributed by atoms with Gasteiger partial charge in [0.25, 0.3) is 0 Å². The second-order valence-electron chi connectivity index (χ2n) is 4.73. The Morgan fingerprint density at radius 2 is 1.71 bits per heavy atom. The summed E-state index contributed by atoms with van der Waals surface area (Å²) in [5.74, 6) is 0. The highest BCUT2D eigenvalue weighted by Crippen LogP contribution is 2.23. The molecule has 1 aliphatic heterocycles. The van der Waals surface area contributed by atoms with E-state index in [1.807, 2.05) is 26.0 Å². The maximum atomic E-state index is 12.5. The molecule has 17 heavy (non-hydrogen) atoms. The number of nitrogens with zero attached hydrogens (tertiary/aromatic N) is 1. The lowest BCUT2D eigenvalue weighted by Gasteiger charge is -2.26. The second-order valence-corrected chi connectivity index (χ2v) is 6.64. The minimum Gasteiger partial charge on any atom is -0.207 e. The first-order valence-corrected chi connectivity index (χ1v) is 7.53. The Hall–Kier alpha value is -0.870. The summed E-state index contributed by atoms with van der Waals surface area (Å²) in [6, 6.07) is 5.61. The zero-order valence-electron chi connectivity index (χ0n) is 10.4. The third-order valence-electron chi connectivity index (χ3n) is 3.28. The number of hydrogen-bond acceptors (Lipinski definition) is 2. The largest absolute Gasteiger partial charge is 0.243 e. The average molecular weight is 253 g/mol. The number of hydrogen-bond donors (Lipinski definition) is 0. The Bertz CT molecular complexity index is 502. The molecule has 0 unspecified atom stereocenters. The second kappa shape index (κ2) is 4.78. The minimum absolute atomic E-state index is 0.472. The van der Waals surface area contributed by atoms with Crippen LogP contribution in [0.15, 0.2) is 23.1 Å². The molecular formula is C13H19NO2S. The van der Waals surface area contributed by atoms with Gasteiger partial charge in [-0.15, -0.1) is 0 Å². The standard InChI is InChI=1S/C13H19NO2S/c1-11-6-7-12(2)13(10-11)17(15,16)14-8-4-3-5-9-14/h6-7,10H,3-5,8-9H2,1-2H3. The predicted octanol–water partition coefficient (Wildman–Crippen LogP) is 2.48. The van der Waals surface area contributed by atoms with Crippen molar-refractivity contribution in [1.82, 2.24) is 4.31 Å². The smallest absolute Gasteiger partial charge is 0.207 e. The van der Waals surface area contributed by atoms with Crippen molar-refractivity contribution in [2.75, 3.05) is 13.1 Å². The van der Waals surface area contributed by atoms with Crippen molar-refractivity contribution in [2.24, 2.45) is 0 Å². The van der Waals surface area contributed by atoms with Gasteiger partial charge in [-0.2, -0.15) is 4.31 Å². The maximum absolute atomic E-state index is 12.5. The predicted molar refractivity (Wildman–Crippen MR) is 68.5 cm³/mol. The minimum atomic E-state index is -3.28. The third-order valence-corrected chi connectivity index (χ3v) is 5.32. The molecule has 1 heterocycles. The highest BCUT2D eigenvalue weighted by atomic mass is 32.2. The number of benzene rings is 1. The topological polar surface area (TPSA) is 37.4 Å². The summed E-state index contributed by atoms with van der Waals surface area (Å²) in [7, 11) is -3.28. The van der Waals surface area contributed by atoms with E-state index < -0.39 is 10.0 Å². The van der Waals surface area contributed by atoms with E-state index in [0.29, 0.717) is 18.0 Å². The van der Waals surface area contributed by atoms with Crippen molar-refractivity contribution in [3.05, 3.63) is 29.3 Å². The van der Waals surface area contributed by atoms with Crippen LogP contribution in [0.3, 0.4) is 0 Å². The van der Waals surface area contributed by atoms with Crippen LogP contribution in [0.25, 0.3) is 0 Å². The van der Waals surface area contributed by atoms with Crippen LogP contribution in [-0.2, 0) is 10.0 Å². The van der Waals surface area contributed by atoms with Gasteiger partial charge in [-0.25, -0.2) is 8.42 Å². The zero-order valence-corrected chi connectivity index (χ0v) is 11.3. The summed E-state index contributed by atoms with van der Waals surface area (Å²) >= 11 is 0. The van der Waals surface area contributed by atoms with Gasteiger partial charge in [-0.05, 0) is 43.9 Å². The van der Waals surface area contributed by atoms with Crippen LogP contribution >= 0.6 is 0 Å². The molecule has 3 nitrogen and oxygen atoms in total. The summed E-state index contributed by atoms with van der Waals surface area (Å²) in [5, 5.41) is 0. The van der Waals surface area contributed by atoms with Crippen LogP contribution in [0, 0.1) is 13.8 Å². The number of aryl methyl sites for hydroxylation is 2. The number of sulfonamides is 1. The molecule has 1 fully saturated rings. The molecule has 0 saturated carbocycles. The van der Waals surface area contributed by atoms with E-state index in [1.165, 1.54) is 0 Å². The van der Waals surface area contributed by atoms with Crippen LogP contribution in [-0.4, -0.2) is 25.8 Å². The van der Waals surface area contributed by atoms with Crippen LogP contribution < -0.4 is 0 Å². The highest BCUT2D eigenvalue weighted by molar-refractivity contribution is 7.89. The molecule has 0 bridgehead atoms. The van der Waals surface area contributed by atoms with E-state index in [4.69, 9.17) is 0 Å². The first-order chi connectivity index (χ1) is 8.01. The molecule has 1 saturated heterocycles. The van der Waals surface area contributed by atoms with Gasteiger partial charge in [0.05, 0.1) is 4.90 Å². The summed E-state index contributed by atoms with van der Waals surface area (Å²) in [4.78, 5) is 0.472. The van der Waals surface area contributed by atoms with E-state index in [-0.39, 0.29) is 0 Å². The van der Waals surface area contributed by atoms with Crippen LogP contribution in [0.4, 0.5) is 0 Å². The van der Waals surface area contributed by atoms with Gasteiger partial charge in [0.1, 0.15) is 0 Å². The maximum Gasteiger partial charge on any atom is 0.243 e. The molecule has 4 heteroatoms. The molecule has 1 aliphatic rings. The Kier molecular flexibility index (Phi) is 3.54. The Labute approximate surface area is 104 Å². The number of piperidine rings is 1. The molecule has 1 aromatic rings. The Balaban J connectivity index is 2.40. The van der Waals surface area contributed by atoms with Crippen molar-refractivity contribution in [3.63, 3.8) is 0 Å². The summed E-state index contributed by atoms with van der Waals surface area (Å²) in [6.45, 7) is 5.11. The molecule has 0 aromatic heterocycles. The third kappa shape index (κ3) is 2.53. The zero-order chi connectivity index (χ0) is 12.5. The van der Waals surface area contributed by atoms with Gasteiger partial charge < -0.3 is 0 Å². The first-order valence-electron chi connectivity index (χ1n) is 6.09. The van der Waals surface area contributed by atoms with Gasteiger partial charge >= 0.3 is 0 Å². The van der Waals surface area contributed by atoms with Crippen LogP contribution in [0.1, 0.15) is 30.4 Å². The van der Waals surface area contributed by atoms with Crippen molar-refractivity contribution in [3.8, 4) is 0 Å². The molecule has 0 radical (unpaired) electrons. The average Bonchev–Trinajstić information content (AvgIpc) is 2.33. The fourth-order valence-corrected chi connectivity index (χ4v) is 4.06. The lowest BCUT2D eigenvalue weighted by molar-refractivity contribution is 0.346. The quantitative estimate of drug-likeness (QED) is 0.812. The van der Waals surface area contributed by atoms with Crippen LogP contribution in [0.5, 0.6) is 0 Å². The van der Waals surface area contributed by atoms with Gasteiger partial charge in [0, 0.05) is 13.1 Å². The molecular weight excluding hydrogens is 234 g/mol. The molecule has 0 N–H and O–H groups in total. The molecule has 0 atom stereocenters. The summed E-state index contributed by atoms with van der Waals surface area (Å²) in [6.07, 6.45) is 3.09. The van der Waals surface area contributed by atoms with Crippen molar-refractivity contribution >= 4 is 10.0 Å².